The number of thiazole rings is 1. The highest BCUT2D eigenvalue weighted by atomic mass is 32.1. The number of piperidine rings is 1. The maximum Gasteiger partial charge on any atom is 0.407 e. The normalized spacial score (nSPS) is 17.5. The molecule has 0 unspecified atom stereocenters. The van der Waals surface area contributed by atoms with E-state index >= 15 is 0 Å². The van der Waals surface area contributed by atoms with E-state index in [0.29, 0.717) is 0 Å². The lowest BCUT2D eigenvalue weighted by molar-refractivity contribution is 0.0452. The Bertz CT molecular complexity index is 490. The van der Waals surface area contributed by atoms with Crippen LogP contribution in [0.3, 0.4) is 0 Å². The van der Waals surface area contributed by atoms with Gasteiger partial charge in [0.25, 0.3) is 0 Å². The highest BCUT2D eigenvalue weighted by Gasteiger charge is 2.24. The van der Waals surface area contributed by atoms with Crippen LogP contribution in [0.4, 0.5) is 4.79 Å². The molecule has 2 rings (SSSR count). The summed E-state index contributed by atoms with van der Waals surface area (Å²) in [4.78, 5) is 19.3. The maximum absolute atomic E-state index is 11.8. The van der Waals surface area contributed by atoms with Crippen LogP contribution in [0, 0.1) is 0 Å². The van der Waals surface area contributed by atoms with Gasteiger partial charge in [-0.3, -0.25) is 4.90 Å². The molecule has 1 fully saturated rings. The van der Waals surface area contributed by atoms with Crippen molar-refractivity contribution in [2.75, 3.05) is 13.1 Å². The van der Waals surface area contributed by atoms with Crippen LogP contribution in [0.15, 0.2) is 6.20 Å². The third-order valence-electron chi connectivity index (χ3n) is 3.40. The topological polar surface area (TPSA) is 74.7 Å². The number of ether oxygens (including phenoxy) is 1. The number of amides is 1. The van der Waals surface area contributed by atoms with Crippen molar-refractivity contribution in [1.29, 1.82) is 0 Å². The van der Waals surface area contributed by atoms with Crippen LogP contribution in [0.5, 0.6) is 0 Å². The minimum Gasteiger partial charge on any atom is -0.446 e. The highest BCUT2D eigenvalue weighted by Crippen LogP contribution is 2.19. The molecule has 1 amide bonds. The predicted molar refractivity (Wildman–Crippen MR) is 85.7 cm³/mol. The standard InChI is InChI=1S/C15H25N3O3S/c1-15(2,3)17-14(20)21-11-4-6-18(7-5-11)9-13-16-8-12(10-19)22-13/h8,11,19H,4-7,9-10H2,1-3H3,(H,17,20). The first-order valence-electron chi connectivity index (χ1n) is 7.61. The number of rotatable bonds is 4. The summed E-state index contributed by atoms with van der Waals surface area (Å²) >= 11 is 1.55. The number of aliphatic hydroxyl groups excluding tert-OH is 1. The Kier molecular flexibility index (Phi) is 5.77. The first-order chi connectivity index (χ1) is 10.4. The minimum atomic E-state index is -0.335. The zero-order chi connectivity index (χ0) is 16.2. The van der Waals surface area contributed by atoms with Gasteiger partial charge in [-0.15, -0.1) is 11.3 Å². The van der Waals surface area contributed by atoms with Crippen molar-refractivity contribution >= 4 is 17.4 Å². The second-order valence-corrected chi connectivity index (χ2v) is 7.83. The predicted octanol–water partition coefficient (Wildman–Crippen LogP) is 2.12. The molecule has 6 nitrogen and oxygen atoms in total. The van der Waals surface area contributed by atoms with E-state index in [0.717, 1.165) is 42.4 Å². The summed E-state index contributed by atoms with van der Waals surface area (Å²) in [5.74, 6) is 0. The number of alkyl carbamates (subject to hydrolysis) is 1. The Labute approximate surface area is 135 Å². The lowest BCUT2D eigenvalue weighted by Crippen LogP contribution is -2.44. The summed E-state index contributed by atoms with van der Waals surface area (Å²) < 4.78 is 5.46. The zero-order valence-corrected chi connectivity index (χ0v) is 14.3. The summed E-state index contributed by atoms with van der Waals surface area (Å²) in [6.45, 7) is 8.44. The van der Waals surface area contributed by atoms with Crippen molar-refractivity contribution in [3.63, 3.8) is 0 Å². The molecule has 2 heterocycles. The summed E-state index contributed by atoms with van der Waals surface area (Å²) in [6.07, 6.45) is 3.07. The lowest BCUT2D eigenvalue weighted by atomic mass is 10.1. The number of aliphatic hydroxyl groups is 1. The van der Waals surface area contributed by atoms with Crippen molar-refractivity contribution in [3.05, 3.63) is 16.1 Å². The largest absolute Gasteiger partial charge is 0.446 e. The Morgan fingerprint density at radius 2 is 2.18 bits per heavy atom. The second-order valence-electron chi connectivity index (χ2n) is 6.63. The molecule has 0 atom stereocenters. The first kappa shape index (κ1) is 17.2. The van der Waals surface area contributed by atoms with E-state index in [1.54, 1.807) is 17.5 Å². The molecule has 22 heavy (non-hydrogen) atoms. The number of aromatic nitrogens is 1. The van der Waals surface area contributed by atoms with Crippen molar-refractivity contribution in [1.82, 2.24) is 15.2 Å². The van der Waals surface area contributed by atoms with Crippen molar-refractivity contribution < 1.29 is 14.6 Å². The quantitative estimate of drug-likeness (QED) is 0.886. The lowest BCUT2D eigenvalue weighted by Gasteiger charge is -2.31. The van der Waals surface area contributed by atoms with Crippen LogP contribution in [0.2, 0.25) is 0 Å². The molecule has 0 aliphatic carbocycles. The molecule has 1 aromatic heterocycles. The monoisotopic (exact) mass is 327 g/mol. The minimum absolute atomic E-state index is 0.0112. The number of carbonyl (C=O) groups excluding carboxylic acids is 1. The van der Waals surface area contributed by atoms with Gasteiger partial charge >= 0.3 is 6.09 Å². The van der Waals surface area contributed by atoms with E-state index in [9.17, 15) is 4.79 Å². The maximum atomic E-state index is 11.8. The van der Waals surface area contributed by atoms with Gasteiger partial charge in [-0.25, -0.2) is 9.78 Å². The second kappa shape index (κ2) is 7.39. The van der Waals surface area contributed by atoms with Gasteiger partial charge in [0.05, 0.1) is 18.0 Å². The average molecular weight is 327 g/mol. The number of nitrogens with zero attached hydrogens (tertiary/aromatic N) is 2. The molecule has 0 bridgehead atoms. The van der Waals surface area contributed by atoms with Crippen LogP contribution in [0.1, 0.15) is 43.5 Å². The number of hydrogen-bond donors (Lipinski definition) is 2. The van der Waals surface area contributed by atoms with Crippen molar-refractivity contribution in [2.24, 2.45) is 0 Å². The SMILES string of the molecule is CC(C)(C)NC(=O)OC1CCN(Cc2ncc(CO)s2)CC1. The van der Waals surface area contributed by atoms with Gasteiger partial charge in [-0.2, -0.15) is 0 Å². The molecule has 2 N–H and O–H groups in total. The third-order valence-corrected chi connectivity index (χ3v) is 4.37. The van der Waals surface area contributed by atoms with E-state index < -0.39 is 0 Å². The Morgan fingerprint density at radius 3 is 2.73 bits per heavy atom. The molecule has 0 saturated carbocycles. The number of carbonyl (C=O) groups is 1. The molecular weight excluding hydrogens is 302 g/mol. The molecule has 1 aromatic rings. The van der Waals surface area contributed by atoms with Gasteiger partial charge in [0, 0.05) is 24.8 Å². The summed E-state index contributed by atoms with van der Waals surface area (Å²) in [7, 11) is 0. The molecule has 1 saturated heterocycles. The first-order valence-corrected chi connectivity index (χ1v) is 8.43. The van der Waals surface area contributed by atoms with Crippen LogP contribution >= 0.6 is 11.3 Å². The van der Waals surface area contributed by atoms with Gasteiger partial charge in [-0.05, 0) is 33.6 Å². The zero-order valence-electron chi connectivity index (χ0n) is 13.5. The molecule has 1 aliphatic rings. The summed E-state index contributed by atoms with van der Waals surface area (Å²) in [6, 6.07) is 0. The summed E-state index contributed by atoms with van der Waals surface area (Å²) in [5, 5.41) is 12.9. The van der Waals surface area contributed by atoms with E-state index in [-0.39, 0.29) is 24.3 Å². The van der Waals surface area contributed by atoms with Crippen LogP contribution in [-0.4, -0.2) is 45.8 Å². The molecule has 0 radical (unpaired) electrons. The number of likely N-dealkylation sites (tertiary alicyclic amines) is 1. The number of hydrogen-bond acceptors (Lipinski definition) is 6. The van der Waals surface area contributed by atoms with E-state index in [1.807, 2.05) is 20.8 Å². The molecule has 7 heteroatoms. The van der Waals surface area contributed by atoms with E-state index in [2.05, 4.69) is 15.2 Å². The smallest absolute Gasteiger partial charge is 0.407 e. The Hall–Kier alpha value is -1.18. The molecule has 0 aromatic carbocycles. The van der Waals surface area contributed by atoms with Gasteiger partial charge in [-0.1, -0.05) is 0 Å². The van der Waals surface area contributed by atoms with Gasteiger partial charge in [0.2, 0.25) is 0 Å². The van der Waals surface area contributed by atoms with Gasteiger partial charge in [0.15, 0.2) is 0 Å². The molecule has 124 valence electrons. The Balaban J connectivity index is 1.72. The van der Waals surface area contributed by atoms with Crippen LogP contribution < -0.4 is 5.32 Å². The van der Waals surface area contributed by atoms with E-state index in [1.165, 1.54) is 0 Å². The molecule has 1 aliphatic heterocycles. The van der Waals surface area contributed by atoms with E-state index in [4.69, 9.17) is 9.84 Å². The Morgan fingerprint density at radius 1 is 1.50 bits per heavy atom. The van der Waals surface area contributed by atoms with Gasteiger partial charge < -0.3 is 15.2 Å². The van der Waals surface area contributed by atoms with Crippen molar-refractivity contribution in [3.8, 4) is 0 Å². The number of nitrogens with one attached hydrogen (secondary N) is 1. The fraction of sp³-hybridized carbons (Fsp3) is 0.733. The highest BCUT2D eigenvalue weighted by molar-refractivity contribution is 7.11. The van der Waals surface area contributed by atoms with Gasteiger partial charge in [0.1, 0.15) is 11.1 Å². The van der Waals surface area contributed by atoms with Crippen LogP contribution in [0.25, 0.3) is 0 Å². The summed E-state index contributed by atoms with van der Waals surface area (Å²) in [5.41, 5.74) is -0.271. The third kappa shape index (κ3) is 5.55. The fourth-order valence-corrected chi connectivity index (χ4v) is 3.18. The molecular formula is C15H25N3O3S. The van der Waals surface area contributed by atoms with Crippen molar-refractivity contribution in [2.45, 2.75) is 58.4 Å². The molecule has 0 spiro atoms. The van der Waals surface area contributed by atoms with Crippen LogP contribution in [-0.2, 0) is 17.9 Å². The fourth-order valence-electron chi connectivity index (χ4n) is 2.36. The average Bonchev–Trinajstić information content (AvgIpc) is 2.86.